The number of esters is 2. The standard InChI is InChI=1S/C44H66O8/c1-49-41-35-37(25-29-39(41)45)27-31-43(47)51-33-23-21-19-17-15-13-11-9-7-5-3-4-6-8-10-12-14-16-18-20-22-24-34-52-44(48)32-28-38-26-30-40(46)42(36-38)50-2/h25-32,35-36,45-46H,3-24,33-34H2,1-2H3/b31-27-,32-28+. The molecule has 0 amide bonds. The van der Waals surface area contributed by atoms with E-state index in [-0.39, 0.29) is 23.4 Å². The molecule has 8 nitrogen and oxygen atoms in total. The number of hydrogen-bond donors (Lipinski definition) is 2. The molecule has 0 aliphatic carbocycles. The van der Waals surface area contributed by atoms with Crippen molar-refractivity contribution in [2.75, 3.05) is 27.4 Å². The topological polar surface area (TPSA) is 112 Å². The lowest BCUT2D eigenvalue weighted by atomic mass is 10.0. The summed E-state index contributed by atoms with van der Waals surface area (Å²) in [5.41, 5.74) is 1.53. The summed E-state index contributed by atoms with van der Waals surface area (Å²) in [5, 5.41) is 19.3. The monoisotopic (exact) mass is 722 g/mol. The van der Waals surface area contributed by atoms with Gasteiger partial charge in [-0.05, 0) is 60.4 Å². The summed E-state index contributed by atoms with van der Waals surface area (Å²) in [7, 11) is 2.98. The van der Waals surface area contributed by atoms with Gasteiger partial charge in [0.05, 0.1) is 27.4 Å². The lowest BCUT2D eigenvalue weighted by molar-refractivity contribution is -0.138. The third-order valence-corrected chi connectivity index (χ3v) is 9.26. The first-order chi connectivity index (χ1) is 25.4. The number of aromatic hydroxyl groups is 2. The van der Waals surface area contributed by atoms with Crippen LogP contribution in [-0.2, 0) is 19.1 Å². The Kier molecular flexibility index (Phi) is 25.2. The fraction of sp³-hybridized carbons (Fsp3) is 0.591. The molecule has 0 atom stereocenters. The van der Waals surface area contributed by atoms with Crippen LogP contribution in [0.15, 0.2) is 48.6 Å². The molecule has 8 heteroatoms. The number of methoxy groups -OCH3 is 2. The zero-order valence-electron chi connectivity index (χ0n) is 32.1. The maximum absolute atomic E-state index is 11.9. The molecule has 2 N–H and O–H groups in total. The first-order valence-electron chi connectivity index (χ1n) is 19.9. The molecule has 0 aromatic heterocycles. The van der Waals surface area contributed by atoms with E-state index in [0.717, 1.165) is 36.8 Å². The van der Waals surface area contributed by atoms with Gasteiger partial charge < -0.3 is 29.2 Å². The van der Waals surface area contributed by atoms with Crippen LogP contribution in [0, 0.1) is 0 Å². The number of benzene rings is 2. The van der Waals surface area contributed by atoms with Crippen LogP contribution in [0.1, 0.15) is 152 Å². The number of carbonyl (C=O) groups excluding carboxylic acids is 2. The summed E-state index contributed by atoms with van der Waals surface area (Å²) >= 11 is 0. The first kappa shape index (κ1) is 44.2. The van der Waals surface area contributed by atoms with Crippen molar-refractivity contribution in [2.24, 2.45) is 0 Å². The number of phenols is 2. The van der Waals surface area contributed by atoms with E-state index in [4.69, 9.17) is 18.9 Å². The summed E-state index contributed by atoms with van der Waals surface area (Å²) in [6.45, 7) is 0.907. The fourth-order valence-electron chi connectivity index (χ4n) is 6.11. The van der Waals surface area contributed by atoms with Crippen molar-refractivity contribution in [3.63, 3.8) is 0 Å². The Hall–Kier alpha value is -3.94. The molecule has 2 aromatic rings. The highest BCUT2D eigenvalue weighted by Gasteiger charge is 2.04. The molecule has 0 aliphatic heterocycles. The molecule has 2 aromatic carbocycles. The highest BCUT2D eigenvalue weighted by Crippen LogP contribution is 2.27. The van der Waals surface area contributed by atoms with E-state index in [1.54, 1.807) is 36.4 Å². The highest BCUT2D eigenvalue weighted by molar-refractivity contribution is 5.87. The second-order valence-corrected chi connectivity index (χ2v) is 13.6. The molecule has 0 fully saturated rings. The van der Waals surface area contributed by atoms with Crippen LogP contribution in [0.25, 0.3) is 12.2 Å². The number of ether oxygens (including phenoxy) is 4. The second-order valence-electron chi connectivity index (χ2n) is 13.6. The summed E-state index contributed by atoms with van der Waals surface area (Å²) in [5.74, 6) is 0.191. The zero-order valence-corrected chi connectivity index (χ0v) is 32.1. The fourth-order valence-corrected chi connectivity index (χ4v) is 6.11. The Morgan fingerprint density at radius 2 is 0.731 bits per heavy atom. The van der Waals surface area contributed by atoms with Crippen LogP contribution in [0.3, 0.4) is 0 Å². The minimum atomic E-state index is -0.348. The average molecular weight is 723 g/mol. The van der Waals surface area contributed by atoms with Crippen molar-refractivity contribution in [1.82, 2.24) is 0 Å². The van der Waals surface area contributed by atoms with Gasteiger partial charge in [-0.25, -0.2) is 9.59 Å². The third-order valence-electron chi connectivity index (χ3n) is 9.26. The smallest absolute Gasteiger partial charge is 0.330 e. The Labute approximate surface area is 313 Å². The molecule has 0 unspecified atom stereocenters. The van der Waals surface area contributed by atoms with Gasteiger partial charge in [0.25, 0.3) is 0 Å². The maximum atomic E-state index is 11.9. The number of hydrogen-bond acceptors (Lipinski definition) is 8. The number of phenolic OH excluding ortho intramolecular Hbond substituents is 2. The molecule has 0 aliphatic rings. The van der Waals surface area contributed by atoms with Crippen LogP contribution in [0.4, 0.5) is 0 Å². The van der Waals surface area contributed by atoms with Crippen LogP contribution < -0.4 is 9.47 Å². The Bertz CT molecular complexity index is 1200. The van der Waals surface area contributed by atoms with Gasteiger partial charge in [-0.2, -0.15) is 0 Å². The SMILES string of the molecule is COc1cc(/C=C\C(=O)OCCCCCCCCCCCCCCCCCCCCCCCCOC(=O)/C=C/c2ccc(O)c(OC)c2)ccc1O. The van der Waals surface area contributed by atoms with Crippen LogP contribution >= 0.6 is 0 Å². The molecule has 52 heavy (non-hydrogen) atoms. The van der Waals surface area contributed by atoms with Gasteiger partial charge in [0.2, 0.25) is 0 Å². The summed E-state index contributed by atoms with van der Waals surface area (Å²) < 4.78 is 20.7. The van der Waals surface area contributed by atoms with Gasteiger partial charge in [0.1, 0.15) is 0 Å². The van der Waals surface area contributed by atoms with Crippen molar-refractivity contribution >= 4 is 24.1 Å². The van der Waals surface area contributed by atoms with E-state index >= 15 is 0 Å². The van der Waals surface area contributed by atoms with E-state index in [1.165, 1.54) is 154 Å². The van der Waals surface area contributed by atoms with Crippen LogP contribution in [0.5, 0.6) is 23.0 Å². The van der Waals surface area contributed by atoms with Gasteiger partial charge >= 0.3 is 11.9 Å². The molecule has 290 valence electrons. The number of rotatable bonds is 31. The van der Waals surface area contributed by atoms with Crippen LogP contribution in [-0.4, -0.2) is 49.6 Å². The lowest BCUT2D eigenvalue weighted by Crippen LogP contribution is -2.02. The van der Waals surface area contributed by atoms with E-state index < -0.39 is 0 Å². The molecule has 0 bridgehead atoms. The van der Waals surface area contributed by atoms with Gasteiger partial charge in [0, 0.05) is 12.2 Å². The predicted octanol–water partition coefficient (Wildman–Crippen LogP) is 11.5. The Morgan fingerprint density at radius 3 is 1.00 bits per heavy atom. The normalized spacial score (nSPS) is 11.3. The largest absolute Gasteiger partial charge is 0.504 e. The minimum absolute atomic E-state index is 0.0701. The van der Waals surface area contributed by atoms with Crippen molar-refractivity contribution in [2.45, 2.75) is 141 Å². The summed E-state index contributed by atoms with van der Waals surface area (Å²) in [6, 6.07) is 9.85. The maximum Gasteiger partial charge on any atom is 0.330 e. The second kappa shape index (κ2) is 29.6. The molecular weight excluding hydrogens is 656 g/mol. The van der Waals surface area contributed by atoms with Gasteiger partial charge in [-0.15, -0.1) is 0 Å². The van der Waals surface area contributed by atoms with E-state index in [9.17, 15) is 19.8 Å². The Balaban J connectivity index is 1.24. The van der Waals surface area contributed by atoms with E-state index in [1.807, 2.05) is 0 Å². The van der Waals surface area contributed by atoms with Crippen LogP contribution in [0.2, 0.25) is 0 Å². The average Bonchev–Trinajstić information content (AvgIpc) is 3.15. The van der Waals surface area contributed by atoms with Gasteiger partial charge in [0.15, 0.2) is 23.0 Å². The molecule has 0 radical (unpaired) electrons. The highest BCUT2D eigenvalue weighted by atomic mass is 16.5. The zero-order chi connectivity index (χ0) is 37.5. The lowest BCUT2D eigenvalue weighted by Gasteiger charge is -2.05. The molecule has 0 spiro atoms. The molecule has 0 saturated carbocycles. The van der Waals surface area contributed by atoms with Gasteiger partial charge in [-0.1, -0.05) is 141 Å². The van der Waals surface area contributed by atoms with Crippen molar-refractivity contribution in [1.29, 1.82) is 0 Å². The molecule has 2 rings (SSSR count). The van der Waals surface area contributed by atoms with Crippen molar-refractivity contribution in [3.8, 4) is 23.0 Å². The minimum Gasteiger partial charge on any atom is -0.504 e. The van der Waals surface area contributed by atoms with Crippen molar-refractivity contribution < 1.29 is 38.7 Å². The quantitative estimate of drug-likeness (QED) is 0.0449. The van der Waals surface area contributed by atoms with E-state index in [2.05, 4.69) is 0 Å². The molecule has 0 heterocycles. The summed E-state index contributed by atoms with van der Waals surface area (Å²) in [6.07, 6.45) is 34.0. The number of unbranched alkanes of at least 4 members (excludes halogenated alkanes) is 21. The van der Waals surface area contributed by atoms with Crippen molar-refractivity contribution in [3.05, 3.63) is 59.7 Å². The first-order valence-corrected chi connectivity index (χ1v) is 19.9. The third kappa shape index (κ3) is 22.1. The molecular formula is C44H66O8. The van der Waals surface area contributed by atoms with Gasteiger partial charge in [-0.3, -0.25) is 0 Å². The summed E-state index contributed by atoms with van der Waals surface area (Å²) in [4.78, 5) is 23.8. The Morgan fingerprint density at radius 1 is 0.462 bits per heavy atom. The number of carbonyl (C=O) groups is 2. The van der Waals surface area contributed by atoms with E-state index in [0.29, 0.717) is 24.7 Å². The molecule has 0 saturated heterocycles. The predicted molar refractivity (Wildman–Crippen MR) is 211 cm³/mol.